The molecule has 0 spiro atoms. The van der Waals surface area contributed by atoms with E-state index < -0.39 is 0 Å². The zero-order chi connectivity index (χ0) is 18.6. The minimum atomic E-state index is -0.113. The van der Waals surface area contributed by atoms with Gasteiger partial charge in [-0.2, -0.15) is 4.68 Å². The molecule has 1 amide bonds. The van der Waals surface area contributed by atoms with Crippen molar-refractivity contribution in [1.82, 2.24) is 19.9 Å². The normalized spacial score (nSPS) is 15.1. The lowest BCUT2D eigenvalue weighted by molar-refractivity contribution is 0.144. The van der Waals surface area contributed by atoms with Crippen LogP contribution in [0.5, 0.6) is 11.5 Å². The van der Waals surface area contributed by atoms with Crippen LogP contribution >= 0.6 is 0 Å². The van der Waals surface area contributed by atoms with Crippen LogP contribution in [0.25, 0.3) is 11.0 Å². The van der Waals surface area contributed by atoms with Crippen LogP contribution in [0.3, 0.4) is 0 Å². The minimum absolute atomic E-state index is 0.113. The molecule has 1 saturated heterocycles. The number of fused-ring (bicyclic) bond motifs is 1. The Hall–Kier alpha value is -3.09. The first-order valence-electron chi connectivity index (χ1n) is 9.11. The molecule has 0 N–H and O–H groups in total. The second kappa shape index (κ2) is 7.65. The van der Waals surface area contributed by atoms with Gasteiger partial charge in [-0.25, -0.2) is 4.79 Å². The Morgan fingerprint density at radius 2 is 1.78 bits per heavy atom. The summed E-state index contributed by atoms with van der Waals surface area (Å²) in [6.45, 7) is 2.05. The van der Waals surface area contributed by atoms with E-state index in [4.69, 9.17) is 9.47 Å². The number of nitrogens with zero attached hydrogens (tertiary/aromatic N) is 4. The lowest BCUT2D eigenvalue weighted by Crippen LogP contribution is -2.42. The van der Waals surface area contributed by atoms with Crippen molar-refractivity contribution < 1.29 is 14.3 Å². The lowest BCUT2D eigenvalue weighted by Gasteiger charge is -2.31. The molecule has 0 bridgehead atoms. The van der Waals surface area contributed by atoms with Crippen molar-refractivity contribution >= 4 is 17.1 Å². The van der Waals surface area contributed by atoms with E-state index in [1.54, 1.807) is 7.11 Å². The summed E-state index contributed by atoms with van der Waals surface area (Å²) in [5.74, 6) is 2.09. The molecule has 0 saturated carbocycles. The molecule has 0 unspecified atom stereocenters. The number of hydrogen-bond donors (Lipinski definition) is 0. The fourth-order valence-electron chi connectivity index (χ4n) is 3.32. The number of hydrogen-bond acceptors (Lipinski definition) is 5. The molecule has 0 aliphatic carbocycles. The van der Waals surface area contributed by atoms with Crippen LogP contribution in [0.2, 0.25) is 0 Å². The van der Waals surface area contributed by atoms with Crippen molar-refractivity contribution in [1.29, 1.82) is 0 Å². The molecule has 7 heteroatoms. The van der Waals surface area contributed by atoms with Crippen molar-refractivity contribution in [3.05, 3.63) is 48.5 Å². The molecule has 1 aromatic heterocycles. The molecular formula is C20H22N4O3. The van der Waals surface area contributed by atoms with Crippen LogP contribution in [0.15, 0.2) is 48.5 Å². The molecule has 1 aliphatic heterocycles. The van der Waals surface area contributed by atoms with Gasteiger partial charge in [0.15, 0.2) is 0 Å². The number of para-hydroxylation sites is 1. The Morgan fingerprint density at radius 1 is 1.07 bits per heavy atom. The Balaban J connectivity index is 1.31. The monoisotopic (exact) mass is 366 g/mol. The van der Waals surface area contributed by atoms with Gasteiger partial charge in [0, 0.05) is 13.1 Å². The number of ether oxygens (including phenoxy) is 2. The predicted molar refractivity (Wildman–Crippen MR) is 101 cm³/mol. The van der Waals surface area contributed by atoms with Crippen LogP contribution in [-0.2, 0) is 0 Å². The molecule has 140 valence electrons. The Bertz CT molecular complexity index is 914. The first kappa shape index (κ1) is 17.3. The quantitative estimate of drug-likeness (QED) is 0.709. The fraction of sp³-hybridized carbons (Fsp3) is 0.350. The van der Waals surface area contributed by atoms with E-state index >= 15 is 0 Å². The smallest absolute Gasteiger partial charge is 0.346 e. The third-order valence-corrected chi connectivity index (χ3v) is 4.96. The van der Waals surface area contributed by atoms with Gasteiger partial charge >= 0.3 is 6.03 Å². The summed E-state index contributed by atoms with van der Waals surface area (Å²) in [5.41, 5.74) is 1.47. The van der Waals surface area contributed by atoms with Gasteiger partial charge < -0.3 is 14.4 Å². The third-order valence-electron chi connectivity index (χ3n) is 4.96. The maximum absolute atomic E-state index is 12.8. The van der Waals surface area contributed by atoms with Crippen molar-refractivity contribution in [3.8, 4) is 11.5 Å². The van der Waals surface area contributed by atoms with Gasteiger partial charge in [-0.15, -0.1) is 5.10 Å². The summed E-state index contributed by atoms with van der Waals surface area (Å²) in [5, 5.41) is 8.08. The van der Waals surface area contributed by atoms with Crippen LogP contribution in [-0.4, -0.2) is 52.7 Å². The van der Waals surface area contributed by atoms with Crippen molar-refractivity contribution in [2.24, 2.45) is 5.92 Å². The van der Waals surface area contributed by atoms with Crippen molar-refractivity contribution in [2.45, 2.75) is 12.8 Å². The van der Waals surface area contributed by atoms with Gasteiger partial charge in [-0.05, 0) is 55.2 Å². The van der Waals surface area contributed by atoms with Gasteiger partial charge in [0.1, 0.15) is 17.0 Å². The average Bonchev–Trinajstić information content (AvgIpc) is 3.16. The highest BCUT2D eigenvalue weighted by Gasteiger charge is 2.25. The summed E-state index contributed by atoms with van der Waals surface area (Å²) >= 11 is 0. The van der Waals surface area contributed by atoms with Gasteiger partial charge in [0.05, 0.1) is 19.2 Å². The highest BCUT2D eigenvalue weighted by Crippen LogP contribution is 2.22. The number of amides is 1. The Labute approximate surface area is 157 Å². The molecule has 27 heavy (non-hydrogen) atoms. The molecule has 1 fully saturated rings. The summed E-state index contributed by atoms with van der Waals surface area (Å²) in [4.78, 5) is 14.6. The lowest BCUT2D eigenvalue weighted by atomic mass is 9.98. The average molecular weight is 366 g/mol. The first-order chi connectivity index (χ1) is 13.2. The van der Waals surface area contributed by atoms with E-state index in [2.05, 4.69) is 10.3 Å². The number of carbonyl (C=O) groups excluding carboxylic acids is 1. The number of piperidine rings is 1. The zero-order valence-electron chi connectivity index (χ0n) is 15.2. The standard InChI is InChI=1S/C20H22N4O3/c1-26-16-6-8-17(9-7-16)27-14-15-10-12-23(13-11-15)20(25)24-19-5-3-2-4-18(19)21-22-24/h2-9,15H,10-14H2,1H3. The maximum atomic E-state index is 12.8. The minimum Gasteiger partial charge on any atom is -0.497 e. The van der Waals surface area contributed by atoms with Crippen LogP contribution in [0.1, 0.15) is 12.8 Å². The maximum Gasteiger partial charge on any atom is 0.346 e. The molecule has 0 radical (unpaired) electrons. The highest BCUT2D eigenvalue weighted by atomic mass is 16.5. The molecule has 3 aromatic rings. The van der Waals surface area contributed by atoms with E-state index in [0.717, 1.165) is 35.4 Å². The summed E-state index contributed by atoms with van der Waals surface area (Å²) in [6, 6.07) is 15.0. The molecule has 2 aromatic carbocycles. The van der Waals surface area contributed by atoms with Crippen molar-refractivity contribution in [3.63, 3.8) is 0 Å². The van der Waals surface area contributed by atoms with Crippen LogP contribution in [0.4, 0.5) is 4.79 Å². The van der Waals surface area contributed by atoms with E-state index in [0.29, 0.717) is 25.6 Å². The number of aromatic nitrogens is 3. The van der Waals surface area contributed by atoms with E-state index in [9.17, 15) is 4.79 Å². The number of rotatable bonds is 4. The molecule has 7 nitrogen and oxygen atoms in total. The SMILES string of the molecule is COc1ccc(OCC2CCN(C(=O)n3nnc4ccccc43)CC2)cc1. The topological polar surface area (TPSA) is 69.5 Å². The van der Waals surface area contributed by atoms with Gasteiger partial charge in [-0.3, -0.25) is 0 Å². The van der Waals surface area contributed by atoms with Crippen LogP contribution in [0, 0.1) is 5.92 Å². The largest absolute Gasteiger partial charge is 0.497 e. The van der Waals surface area contributed by atoms with Crippen molar-refractivity contribution in [2.75, 3.05) is 26.8 Å². The van der Waals surface area contributed by atoms with E-state index in [1.807, 2.05) is 53.4 Å². The Morgan fingerprint density at radius 3 is 2.52 bits per heavy atom. The molecular weight excluding hydrogens is 344 g/mol. The predicted octanol–water partition coefficient (Wildman–Crippen LogP) is 3.20. The summed E-state index contributed by atoms with van der Waals surface area (Å²) in [6.07, 6.45) is 1.82. The first-order valence-corrected chi connectivity index (χ1v) is 9.11. The Kier molecular flexibility index (Phi) is 4.91. The third kappa shape index (κ3) is 3.72. The van der Waals surface area contributed by atoms with Crippen LogP contribution < -0.4 is 9.47 Å². The molecule has 4 rings (SSSR count). The molecule has 1 aliphatic rings. The van der Waals surface area contributed by atoms with Gasteiger partial charge in [0.2, 0.25) is 0 Å². The van der Waals surface area contributed by atoms with E-state index in [1.165, 1.54) is 4.68 Å². The number of benzene rings is 2. The second-order valence-corrected chi connectivity index (χ2v) is 6.69. The van der Waals surface area contributed by atoms with Gasteiger partial charge in [0.25, 0.3) is 0 Å². The summed E-state index contributed by atoms with van der Waals surface area (Å²) in [7, 11) is 1.65. The second-order valence-electron chi connectivity index (χ2n) is 6.69. The van der Waals surface area contributed by atoms with Gasteiger partial charge in [-0.1, -0.05) is 17.3 Å². The number of likely N-dealkylation sites (tertiary alicyclic amines) is 1. The fourth-order valence-corrected chi connectivity index (χ4v) is 3.32. The molecule has 0 atom stereocenters. The zero-order valence-corrected chi connectivity index (χ0v) is 15.2. The number of carbonyl (C=O) groups is 1. The number of methoxy groups -OCH3 is 1. The molecule has 2 heterocycles. The summed E-state index contributed by atoms with van der Waals surface area (Å²) < 4.78 is 12.4. The van der Waals surface area contributed by atoms with E-state index in [-0.39, 0.29) is 6.03 Å². The highest BCUT2D eigenvalue weighted by molar-refractivity contribution is 5.87.